The molecule has 0 spiro atoms. The average Bonchev–Trinajstić information content (AvgIpc) is 3.10. The summed E-state index contributed by atoms with van der Waals surface area (Å²) in [6.45, 7) is 6.78. The maximum absolute atomic E-state index is 12.1. The Morgan fingerprint density at radius 2 is 1.86 bits per heavy atom. The van der Waals surface area contributed by atoms with Crippen molar-refractivity contribution in [3.05, 3.63) is 53.6 Å². The van der Waals surface area contributed by atoms with Crippen molar-refractivity contribution in [2.45, 2.75) is 39.8 Å². The molecule has 2 aromatic carbocycles. The summed E-state index contributed by atoms with van der Waals surface area (Å²) in [5, 5.41) is 16.7. The predicted molar refractivity (Wildman–Crippen MR) is 113 cm³/mol. The fraction of sp³-hybridized carbons (Fsp3) is 0.333. The van der Waals surface area contributed by atoms with E-state index in [0.717, 1.165) is 17.6 Å². The van der Waals surface area contributed by atoms with E-state index in [0.29, 0.717) is 24.2 Å². The molecule has 0 saturated heterocycles. The molecule has 3 aromatic rings. The van der Waals surface area contributed by atoms with Crippen LogP contribution in [0.5, 0.6) is 0 Å². The standard InChI is InChI=1S/C21H26N6O2/c1-4-15-5-8-17(9-6-15)24-21(29)22-11-12-27-19-10-7-16(13-18(19)25-26-27)20(28)23-14(2)3/h5-10,13-14H,4,11-12H2,1-3H3,(H,23,28)(H2,22,24,29). The molecule has 0 fully saturated rings. The number of anilines is 1. The first kappa shape index (κ1) is 20.3. The van der Waals surface area contributed by atoms with Crippen molar-refractivity contribution in [3.8, 4) is 0 Å². The van der Waals surface area contributed by atoms with Gasteiger partial charge >= 0.3 is 6.03 Å². The third-order valence-corrected chi connectivity index (χ3v) is 4.43. The zero-order valence-electron chi connectivity index (χ0n) is 16.9. The highest BCUT2D eigenvalue weighted by Crippen LogP contribution is 2.14. The molecule has 0 unspecified atom stereocenters. The molecule has 3 rings (SSSR count). The van der Waals surface area contributed by atoms with Gasteiger partial charge in [0, 0.05) is 23.8 Å². The number of carbonyl (C=O) groups excluding carboxylic acids is 2. The number of aryl methyl sites for hydroxylation is 1. The van der Waals surface area contributed by atoms with E-state index in [1.165, 1.54) is 5.56 Å². The van der Waals surface area contributed by atoms with Crippen LogP contribution < -0.4 is 16.0 Å². The van der Waals surface area contributed by atoms with Crippen LogP contribution in [0.3, 0.4) is 0 Å². The van der Waals surface area contributed by atoms with Gasteiger partial charge in [-0.2, -0.15) is 0 Å². The van der Waals surface area contributed by atoms with E-state index >= 15 is 0 Å². The second-order valence-corrected chi connectivity index (χ2v) is 7.08. The number of urea groups is 1. The van der Waals surface area contributed by atoms with Gasteiger partial charge in [0.05, 0.1) is 12.1 Å². The zero-order valence-corrected chi connectivity index (χ0v) is 16.9. The first-order valence-corrected chi connectivity index (χ1v) is 9.74. The van der Waals surface area contributed by atoms with Gasteiger partial charge in [-0.05, 0) is 56.2 Å². The molecule has 1 aromatic heterocycles. The van der Waals surface area contributed by atoms with E-state index in [1.807, 2.05) is 44.2 Å². The molecule has 29 heavy (non-hydrogen) atoms. The van der Waals surface area contributed by atoms with Crippen molar-refractivity contribution in [1.82, 2.24) is 25.6 Å². The van der Waals surface area contributed by atoms with E-state index < -0.39 is 0 Å². The maximum Gasteiger partial charge on any atom is 0.319 e. The Labute approximate surface area is 169 Å². The summed E-state index contributed by atoms with van der Waals surface area (Å²) in [5.74, 6) is -0.137. The van der Waals surface area contributed by atoms with Crippen molar-refractivity contribution in [3.63, 3.8) is 0 Å². The molecule has 8 heteroatoms. The molecule has 0 atom stereocenters. The Balaban J connectivity index is 1.55. The van der Waals surface area contributed by atoms with Gasteiger partial charge < -0.3 is 16.0 Å². The molecule has 0 aliphatic carbocycles. The summed E-state index contributed by atoms with van der Waals surface area (Å²) < 4.78 is 1.70. The summed E-state index contributed by atoms with van der Waals surface area (Å²) in [4.78, 5) is 24.2. The highest BCUT2D eigenvalue weighted by molar-refractivity contribution is 5.97. The number of nitrogens with one attached hydrogen (secondary N) is 3. The molecule has 1 heterocycles. The highest BCUT2D eigenvalue weighted by Gasteiger charge is 2.11. The van der Waals surface area contributed by atoms with Gasteiger partial charge in [0.25, 0.3) is 5.91 Å². The maximum atomic E-state index is 12.1. The van der Waals surface area contributed by atoms with Crippen LogP contribution in [0, 0.1) is 0 Å². The zero-order chi connectivity index (χ0) is 20.8. The summed E-state index contributed by atoms with van der Waals surface area (Å²) in [7, 11) is 0. The first-order chi connectivity index (χ1) is 14.0. The highest BCUT2D eigenvalue weighted by atomic mass is 16.2. The molecule has 3 N–H and O–H groups in total. The van der Waals surface area contributed by atoms with Crippen molar-refractivity contribution < 1.29 is 9.59 Å². The van der Waals surface area contributed by atoms with Crippen LogP contribution in [0.25, 0.3) is 11.0 Å². The Morgan fingerprint density at radius 3 is 2.55 bits per heavy atom. The van der Waals surface area contributed by atoms with Crippen LogP contribution in [0.4, 0.5) is 10.5 Å². The number of hydrogen-bond donors (Lipinski definition) is 3. The number of nitrogens with zero attached hydrogens (tertiary/aromatic N) is 3. The van der Waals surface area contributed by atoms with E-state index in [2.05, 4.69) is 33.2 Å². The number of hydrogen-bond acceptors (Lipinski definition) is 4. The van der Waals surface area contributed by atoms with E-state index in [9.17, 15) is 9.59 Å². The second-order valence-electron chi connectivity index (χ2n) is 7.08. The minimum absolute atomic E-state index is 0.0654. The Bertz CT molecular complexity index is 994. The monoisotopic (exact) mass is 394 g/mol. The summed E-state index contributed by atoms with van der Waals surface area (Å²) in [5.41, 5.74) is 3.96. The summed E-state index contributed by atoms with van der Waals surface area (Å²) in [6, 6.07) is 12.8. The fourth-order valence-corrected chi connectivity index (χ4v) is 2.90. The lowest BCUT2D eigenvalue weighted by molar-refractivity contribution is 0.0943. The minimum atomic E-state index is -0.272. The van der Waals surface area contributed by atoms with Crippen LogP contribution in [0.15, 0.2) is 42.5 Å². The first-order valence-electron chi connectivity index (χ1n) is 9.74. The van der Waals surface area contributed by atoms with Crippen molar-refractivity contribution in [2.75, 3.05) is 11.9 Å². The predicted octanol–water partition coefficient (Wildman–Crippen LogP) is 2.95. The third kappa shape index (κ3) is 5.31. The molecular weight excluding hydrogens is 368 g/mol. The Kier molecular flexibility index (Phi) is 6.43. The quantitative estimate of drug-likeness (QED) is 0.573. The van der Waals surface area contributed by atoms with Crippen LogP contribution in [-0.4, -0.2) is 39.5 Å². The van der Waals surface area contributed by atoms with Crippen molar-refractivity contribution in [1.29, 1.82) is 0 Å². The summed E-state index contributed by atoms with van der Waals surface area (Å²) in [6.07, 6.45) is 0.961. The molecule has 152 valence electrons. The van der Waals surface area contributed by atoms with Crippen molar-refractivity contribution in [2.24, 2.45) is 0 Å². The number of fused-ring (bicyclic) bond motifs is 1. The third-order valence-electron chi connectivity index (χ3n) is 4.43. The summed E-state index contributed by atoms with van der Waals surface area (Å²) >= 11 is 0. The molecule has 8 nitrogen and oxygen atoms in total. The molecular formula is C21H26N6O2. The van der Waals surface area contributed by atoms with Gasteiger partial charge in [-0.25, -0.2) is 9.48 Å². The number of amides is 3. The number of aromatic nitrogens is 3. The molecule has 0 aliphatic heterocycles. The average molecular weight is 394 g/mol. The number of carbonyl (C=O) groups is 2. The van der Waals surface area contributed by atoms with Crippen LogP contribution >= 0.6 is 0 Å². The Hall–Kier alpha value is -3.42. The second kappa shape index (κ2) is 9.18. The largest absolute Gasteiger partial charge is 0.350 e. The molecule has 3 amide bonds. The lowest BCUT2D eigenvalue weighted by atomic mass is 10.1. The number of benzene rings is 2. The SMILES string of the molecule is CCc1ccc(NC(=O)NCCn2nnc3cc(C(=O)NC(C)C)ccc32)cc1. The Morgan fingerprint density at radius 1 is 1.10 bits per heavy atom. The minimum Gasteiger partial charge on any atom is -0.350 e. The van der Waals surface area contributed by atoms with Gasteiger partial charge in [0.2, 0.25) is 0 Å². The van der Waals surface area contributed by atoms with Crippen LogP contribution in [-0.2, 0) is 13.0 Å². The van der Waals surface area contributed by atoms with Gasteiger partial charge in [0.1, 0.15) is 5.52 Å². The molecule has 0 radical (unpaired) electrons. The van der Waals surface area contributed by atoms with Gasteiger partial charge in [-0.3, -0.25) is 4.79 Å². The van der Waals surface area contributed by atoms with Crippen LogP contribution in [0.1, 0.15) is 36.7 Å². The lowest BCUT2D eigenvalue weighted by Gasteiger charge is -2.09. The number of rotatable bonds is 7. The van der Waals surface area contributed by atoms with E-state index in [1.54, 1.807) is 16.8 Å². The molecule has 0 saturated carbocycles. The molecule has 0 bridgehead atoms. The van der Waals surface area contributed by atoms with Crippen LogP contribution in [0.2, 0.25) is 0 Å². The van der Waals surface area contributed by atoms with Gasteiger partial charge in [-0.1, -0.05) is 24.3 Å². The van der Waals surface area contributed by atoms with Crippen molar-refractivity contribution >= 4 is 28.7 Å². The fourth-order valence-electron chi connectivity index (χ4n) is 2.90. The van der Waals surface area contributed by atoms with E-state index in [4.69, 9.17) is 0 Å². The van der Waals surface area contributed by atoms with Gasteiger partial charge in [0.15, 0.2) is 0 Å². The lowest BCUT2D eigenvalue weighted by Crippen LogP contribution is -2.31. The smallest absolute Gasteiger partial charge is 0.319 e. The molecule has 0 aliphatic rings. The van der Waals surface area contributed by atoms with E-state index in [-0.39, 0.29) is 18.0 Å². The topological polar surface area (TPSA) is 101 Å². The normalized spacial score (nSPS) is 10.9. The van der Waals surface area contributed by atoms with Gasteiger partial charge in [-0.15, -0.1) is 5.10 Å².